The molecule has 0 N–H and O–H groups in total. The predicted octanol–water partition coefficient (Wildman–Crippen LogP) is 2.75. The van der Waals surface area contributed by atoms with Gasteiger partial charge in [-0.25, -0.2) is 9.69 Å². The number of carbonyl (C=O) groups excluding carboxylic acids is 3. The topological polar surface area (TPSA) is 60.9 Å². The van der Waals surface area contributed by atoms with Crippen LogP contribution in [0.5, 0.6) is 0 Å². The SMILES string of the molecule is CC[C@H]1c2ccsc2CCN1CN1C(=O)C(=O)N(C2CCCC2)C1=O. The van der Waals surface area contributed by atoms with Crippen LogP contribution in [0, 0.1) is 0 Å². The normalized spacial score (nSPS) is 25.3. The van der Waals surface area contributed by atoms with E-state index in [4.69, 9.17) is 0 Å². The van der Waals surface area contributed by atoms with Gasteiger partial charge < -0.3 is 0 Å². The number of nitrogens with zero attached hydrogens (tertiary/aromatic N) is 3. The molecule has 1 atom stereocenters. The molecule has 6 nitrogen and oxygen atoms in total. The van der Waals surface area contributed by atoms with E-state index < -0.39 is 17.8 Å². The Balaban J connectivity index is 1.53. The largest absolute Gasteiger partial charge is 0.335 e. The van der Waals surface area contributed by atoms with E-state index in [2.05, 4.69) is 23.3 Å². The molecule has 25 heavy (non-hydrogen) atoms. The van der Waals surface area contributed by atoms with Crippen LogP contribution >= 0.6 is 11.3 Å². The molecule has 0 spiro atoms. The van der Waals surface area contributed by atoms with Crippen LogP contribution in [0.3, 0.4) is 0 Å². The Hall–Kier alpha value is -1.73. The van der Waals surface area contributed by atoms with Crippen LogP contribution in [0.15, 0.2) is 11.4 Å². The third kappa shape index (κ3) is 2.69. The lowest BCUT2D eigenvalue weighted by Crippen LogP contribution is -2.46. The van der Waals surface area contributed by atoms with Gasteiger partial charge in [0.25, 0.3) is 0 Å². The van der Waals surface area contributed by atoms with E-state index in [1.807, 2.05) is 0 Å². The van der Waals surface area contributed by atoms with Gasteiger partial charge in [0.2, 0.25) is 0 Å². The maximum Gasteiger partial charge on any atom is 0.335 e. The van der Waals surface area contributed by atoms with E-state index in [0.717, 1.165) is 50.0 Å². The van der Waals surface area contributed by atoms with Gasteiger partial charge in [-0.1, -0.05) is 19.8 Å². The molecule has 2 aliphatic heterocycles. The molecular weight excluding hydrogens is 338 g/mol. The van der Waals surface area contributed by atoms with Gasteiger partial charge >= 0.3 is 17.8 Å². The number of thiophene rings is 1. The summed E-state index contributed by atoms with van der Waals surface area (Å²) in [7, 11) is 0. The molecular formula is C18H23N3O3S. The molecule has 4 rings (SSSR count). The highest BCUT2D eigenvalue weighted by atomic mass is 32.1. The number of carbonyl (C=O) groups is 3. The summed E-state index contributed by atoms with van der Waals surface area (Å²) in [5.41, 5.74) is 1.30. The molecule has 0 bridgehead atoms. The Kier molecular flexibility index (Phi) is 4.37. The molecule has 7 heteroatoms. The van der Waals surface area contributed by atoms with E-state index in [9.17, 15) is 14.4 Å². The maximum absolute atomic E-state index is 12.8. The fraction of sp³-hybridized carbons (Fsp3) is 0.611. The minimum absolute atomic E-state index is 0.0965. The predicted molar refractivity (Wildman–Crippen MR) is 94.0 cm³/mol. The fourth-order valence-corrected chi connectivity index (χ4v) is 5.34. The van der Waals surface area contributed by atoms with Crippen molar-refractivity contribution in [2.45, 2.75) is 57.5 Å². The second-order valence-electron chi connectivity index (χ2n) is 7.06. The molecule has 0 aromatic carbocycles. The zero-order chi connectivity index (χ0) is 17.6. The molecule has 134 valence electrons. The van der Waals surface area contributed by atoms with Crippen molar-refractivity contribution in [2.75, 3.05) is 13.2 Å². The molecule has 2 fully saturated rings. The third-order valence-electron chi connectivity index (χ3n) is 5.69. The van der Waals surface area contributed by atoms with Crippen LogP contribution in [-0.4, -0.2) is 51.8 Å². The summed E-state index contributed by atoms with van der Waals surface area (Å²) in [6.45, 7) is 3.13. The quantitative estimate of drug-likeness (QED) is 0.611. The second-order valence-corrected chi connectivity index (χ2v) is 8.06. The van der Waals surface area contributed by atoms with E-state index in [0.29, 0.717) is 0 Å². The lowest BCUT2D eigenvalue weighted by atomic mass is 9.98. The number of hydrogen-bond acceptors (Lipinski definition) is 5. The van der Waals surface area contributed by atoms with Crippen LogP contribution in [0.2, 0.25) is 0 Å². The number of fused-ring (bicyclic) bond motifs is 1. The molecule has 1 aromatic rings. The van der Waals surface area contributed by atoms with Crippen molar-refractivity contribution in [3.05, 3.63) is 21.9 Å². The first-order valence-electron chi connectivity index (χ1n) is 9.11. The summed E-state index contributed by atoms with van der Waals surface area (Å²) < 4.78 is 0. The summed E-state index contributed by atoms with van der Waals surface area (Å²) >= 11 is 1.77. The van der Waals surface area contributed by atoms with Gasteiger partial charge in [-0.05, 0) is 42.7 Å². The number of rotatable bonds is 4. The van der Waals surface area contributed by atoms with E-state index >= 15 is 0 Å². The van der Waals surface area contributed by atoms with Gasteiger partial charge in [0.15, 0.2) is 0 Å². The Morgan fingerprint density at radius 2 is 1.92 bits per heavy atom. The first-order chi connectivity index (χ1) is 12.1. The van der Waals surface area contributed by atoms with Crippen molar-refractivity contribution in [3.8, 4) is 0 Å². The highest BCUT2D eigenvalue weighted by Crippen LogP contribution is 2.36. The lowest BCUT2D eigenvalue weighted by molar-refractivity contribution is -0.144. The molecule has 0 radical (unpaired) electrons. The number of urea groups is 1. The number of imide groups is 2. The summed E-state index contributed by atoms with van der Waals surface area (Å²) in [6.07, 6.45) is 5.51. The van der Waals surface area contributed by atoms with Crippen molar-refractivity contribution in [1.82, 2.24) is 14.7 Å². The Labute approximate surface area is 151 Å². The van der Waals surface area contributed by atoms with Crippen LogP contribution in [0.1, 0.15) is 55.5 Å². The molecule has 1 saturated carbocycles. The van der Waals surface area contributed by atoms with Crippen LogP contribution in [0.25, 0.3) is 0 Å². The average Bonchev–Trinajstić information content (AvgIpc) is 3.33. The molecule has 3 aliphatic rings. The molecule has 1 aromatic heterocycles. The zero-order valence-corrected chi connectivity index (χ0v) is 15.3. The maximum atomic E-state index is 12.8. The standard InChI is InChI=1S/C18H23N3O3S/c1-2-14-13-8-10-25-15(13)7-9-19(14)11-20-16(22)17(23)21(18(20)24)12-5-3-4-6-12/h8,10,12,14H,2-7,9,11H2,1H3/t14-/m0/s1. The van der Waals surface area contributed by atoms with Crippen molar-refractivity contribution in [3.63, 3.8) is 0 Å². The Bertz CT molecular complexity index is 710. The van der Waals surface area contributed by atoms with Crippen molar-refractivity contribution < 1.29 is 14.4 Å². The van der Waals surface area contributed by atoms with E-state index in [1.165, 1.54) is 15.3 Å². The highest BCUT2D eigenvalue weighted by molar-refractivity contribution is 7.10. The second kappa shape index (κ2) is 6.53. The van der Waals surface area contributed by atoms with Gasteiger partial charge in [0, 0.05) is 23.5 Å². The summed E-state index contributed by atoms with van der Waals surface area (Å²) in [4.78, 5) is 43.5. The third-order valence-corrected chi connectivity index (χ3v) is 6.69. The van der Waals surface area contributed by atoms with Gasteiger partial charge in [0.1, 0.15) is 0 Å². The fourth-order valence-electron chi connectivity index (χ4n) is 4.41. The Morgan fingerprint density at radius 3 is 2.64 bits per heavy atom. The van der Waals surface area contributed by atoms with Gasteiger partial charge in [-0.3, -0.25) is 19.4 Å². The minimum atomic E-state index is -0.664. The van der Waals surface area contributed by atoms with Crippen LogP contribution < -0.4 is 0 Å². The van der Waals surface area contributed by atoms with Crippen molar-refractivity contribution in [1.29, 1.82) is 0 Å². The lowest BCUT2D eigenvalue weighted by Gasteiger charge is -2.37. The first-order valence-corrected chi connectivity index (χ1v) is 9.99. The summed E-state index contributed by atoms with van der Waals surface area (Å²) in [5, 5.41) is 2.11. The van der Waals surface area contributed by atoms with Gasteiger partial charge in [-0.2, -0.15) is 0 Å². The highest BCUT2D eigenvalue weighted by Gasteiger charge is 2.49. The van der Waals surface area contributed by atoms with Crippen molar-refractivity contribution in [2.24, 2.45) is 0 Å². The number of amides is 4. The minimum Gasteiger partial charge on any atom is -0.278 e. The monoisotopic (exact) mass is 361 g/mol. The molecule has 1 aliphatic carbocycles. The summed E-state index contributed by atoms with van der Waals surface area (Å²) in [5.74, 6) is -1.30. The molecule has 3 heterocycles. The molecule has 1 saturated heterocycles. The molecule has 4 amide bonds. The summed E-state index contributed by atoms with van der Waals surface area (Å²) in [6, 6.07) is 1.82. The Morgan fingerprint density at radius 1 is 1.16 bits per heavy atom. The average molecular weight is 361 g/mol. The van der Waals surface area contributed by atoms with Gasteiger partial charge in [0.05, 0.1) is 6.67 Å². The molecule has 0 unspecified atom stereocenters. The van der Waals surface area contributed by atoms with Crippen LogP contribution in [-0.2, 0) is 16.0 Å². The van der Waals surface area contributed by atoms with E-state index in [1.54, 1.807) is 11.3 Å². The van der Waals surface area contributed by atoms with Crippen LogP contribution in [0.4, 0.5) is 4.79 Å². The smallest absolute Gasteiger partial charge is 0.278 e. The van der Waals surface area contributed by atoms with E-state index in [-0.39, 0.29) is 18.8 Å². The zero-order valence-electron chi connectivity index (χ0n) is 14.4. The first kappa shape index (κ1) is 16.7. The number of hydrogen-bond donors (Lipinski definition) is 0. The van der Waals surface area contributed by atoms with Crippen molar-refractivity contribution >= 4 is 29.2 Å². The van der Waals surface area contributed by atoms with Gasteiger partial charge in [-0.15, -0.1) is 11.3 Å².